The Balaban J connectivity index is 2.82. The van der Waals surface area contributed by atoms with Crippen LogP contribution in [-0.4, -0.2) is 31.5 Å². The van der Waals surface area contributed by atoms with Crippen LogP contribution in [0, 0.1) is 0 Å². The van der Waals surface area contributed by atoms with Crippen LogP contribution in [0.4, 0.5) is 0 Å². The minimum atomic E-state index is -0.132. The molecule has 94 valence electrons. The van der Waals surface area contributed by atoms with Crippen LogP contribution in [-0.2, 0) is 4.79 Å². The fraction of sp³-hybridized carbons (Fsp3) is 0.417. The van der Waals surface area contributed by atoms with Crippen LogP contribution in [0.25, 0.3) is 0 Å². The molecule has 0 spiro atoms. The van der Waals surface area contributed by atoms with Gasteiger partial charge in [-0.1, -0.05) is 22.0 Å². The summed E-state index contributed by atoms with van der Waals surface area (Å²) in [4.78, 5) is 12.9. The topological polar surface area (TPSA) is 55.6 Å². The van der Waals surface area contributed by atoms with E-state index in [1.54, 1.807) is 14.1 Å². The molecule has 0 aromatic heterocycles. The number of halogens is 1. The lowest BCUT2D eigenvalue weighted by molar-refractivity contribution is -0.130. The van der Waals surface area contributed by atoms with Gasteiger partial charge in [-0.15, -0.1) is 0 Å². The van der Waals surface area contributed by atoms with E-state index in [4.69, 9.17) is 10.5 Å². The summed E-state index contributed by atoms with van der Waals surface area (Å²) in [5.41, 5.74) is 6.73. The molecule has 2 N–H and O–H groups in total. The van der Waals surface area contributed by atoms with E-state index in [2.05, 4.69) is 15.9 Å². The van der Waals surface area contributed by atoms with Gasteiger partial charge in [0.05, 0.1) is 0 Å². The molecule has 0 aliphatic carbocycles. The number of hydrogen-bond donors (Lipinski definition) is 1. The second-order valence-electron chi connectivity index (χ2n) is 4.05. The van der Waals surface area contributed by atoms with Crippen molar-refractivity contribution in [3.8, 4) is 5.75 Å². The van der Waals surface area contributed by atoms with E-state index in [0.29, 0.717) is 5.75 Å². The minimum absolute atomic E-state index is 0.0170. The van der Waals surface area contributed by atoms with Gasteiger partial charge in [0.25, 0.3) is 5.91 Å². The van der Waals surface area contributed by atoms with Gasteiger partial charge in [-0.2, -0.15) is 0 Å². The van der Waals surface area contributed by atoms with E-state index < -0.39 is 0 Å². The summed E-state index contributed by atoms with van der Waals surface area (Å²) >= 11 is 3.37. The molecule has 4 nitrogen and oxygen atoms in total. The van der Waals surface area contributed by atoms with Gasteiger partial charge in [-0.05, 0) is 19.1 Å². The number of amides is 1. The first-order valence-electron chi connectivity index (χ1n) is 5.29. The summed E-state index contributed by atoms with van der Waals surface area (Å²) in [6.45, 7) is 1.90. The third-order valence-electron chi connectivity index (χ3n) is 2.32. The predicted octanol–water partition coefficient (Wildman–Crippen LogP) is 1.94. The Hall–Kier alpha value is -1.07. The van der Waals surface area contributed by atoms with Crippen LogP contribution in [0.15, 0.2) is 22.7 Å². The third kappa shape index (κ3) is 4.02. The second-order valence-corrected chi connectivity index (χ2v) is 4.96. The van der Waals surface area contributed by atoms with Gasteiger partial charge in [0.2, 0.25) is 0 Å². The molecule has 0 radical (unpaired) electrons. The standard InChI is InChI=1S/C12H17BrN2O2/c1-8(14)10-5-4-9(13)6-11(10)17-7-12(16)15(2)3/h4-6,8H,7,14H2,1-3H3/t8-/m1/s1. The Bertz CT molecular complexity index is 405. The van der Waals surface area contributed by atoms with Gasteiger partial charge in [0, 0.05) is 30.2 Å². The highest BCUT2D eigenvalue weighted by molar-refractivity contribution is 9.10. The number of ether oxygens (including phenoxy) is 1. The van der Waals surface area contributed by atoms with E-state index in [-0.39, 0.29) is 18.6 Å². The maximum atomic E-state index is 11.4. The highest BCUT2D eigenvalue weighted by atomic mass is 79.9. The number of nitrogens with zero attached hydrogens (tertiary/aromatic N) is 1. The molecular formula is C12H17BrN2O2. The number of carbonyl (C=O) groups is 1. The van der Waals surface area contributed by atoms with Gasteiger partial charge in [-0.3, -0.25) is 4.79 Å². The van der Waals surface area contributed by atoms with Crippen molar-refractivity contribution >= 4 is 21.8 Å². The van der Waals surface area contributed by atoms with Crippen molar-refractivity contribution in [1.29, 1.82) is 0 Å². The Morgan fingerprint density at radius 3 is 2.71 bits per heavy atom. The number of benzene rings is 1. The zero-order valence-electron chi connectivity index (χ0n) is 10.2. The normalized spacial score (nSPS) is 12.1. The third-order valence-corrected chi connectivity index (χ3v) is 2.81. The highest BCUT2D eigenvalue weighted by Gasteiger charge is 2.11. The van der Waals surface area contributed by atoms with Gasteiger partial charge in [0.1, 0.15) is 5.75 Å². The lowest BCUT2D eigenvalue weighted by Gasteiger charge is -2.16. The van der Waals surface area contributed by atoms with Gasteiger partial charge in [-0.25, -0.2) is 0 Å². The van der Waals surface area contributed by atoms with Crippen molar-refractivity contribution in [3.63, 3.8) is 0 Å². The summed E-state index contributed by atoms with van der Waals surface area (Å²) < 4.78 is 6.40. The van der Waals surface area contributed by atoms with E-state index in [0.717, 1.165) is 10.0 Å². The summed E-state index contributed by atoms with van der Waals surface area (Å²) in [5.74, 6) is 0.560. The Morgan fingerprint density at radius 1 is 1.53 bits per heavy atom. The highest BCUT2D eigenvalue weighted by Crippen LogP contribution is 2.27. The number of likely N-dealkylation sites (N-methyl/N-ethyl adjacent to an activating group) is 1. The molecule has 0 unspecified atom stereocenters. The van der Waals surface area contributed by atoms with Crippen LogP contribution in [0.2, 0.25) is 0 Å². The number of hydrogen-bond acceptors (Lipinski definition) is 3. The Labute approximate surface area is 110 Å². The first-order chi connectivity index (χ1) is 7.91. The molecule has 0 saturated heterocycles. The predicted molar refractivity (Wildman–Crippen MR) is 70.9 cm³/mol. The lowest BCUT2D eigenvalue weighted by atomic mass is 10.1. The van der Waals surface area contributed by atoms with Crippen LogP contribution in [0.3, 0.4) is 0 Å². The molecular weight excluding hydrogens is 284 g/mol. The number of nitrogens with two attached hydrogens (primary N) is 1. The number of rotatable bonds is 4. The van der Waals surface area contributed by atoms with E-state index >= 15 is 0 Å². The minimum Gasteiger partial charge on any atom is -0.483 e. The summed E-state index contributed by atoms with van der Waals surface area (Å²) in [6, 6.07) is 5.48. The zero-order chi connectivity index (χ0) is 13.0. The maximum Gasteiger partial charge on any atom is 0.259 e. The Kier molecular flexibility index (Phi) is 4.96. The molecule has 5 heteroatoms. The molecule has 1 atom stereocenters. The van der Waals surface area contributed by atoms with Crippen molar-refractivity contribution in [2.75, 3.05) is 20.7 Å². The molecule has 0 aliphatic rings. The van der Waals surface area contributed by atoms with E-state index in [9.17, 15) is 4.79 Å². The van der Waals surface area contributed by atoms with Crippen LogP contribution in [0.1, 0.15) is 18.5 Å². The molecule has 1 amide bonds. The van der Waals surface area contributed by atoms with Crippen molar-refractivity contribution in [3.05, 3.63) is 28.2 Å². The average molecular weight is 301 g/mol. The molecule has 0 heterocycles. The summed E-state index contributed by atoms with van der Waals surface area (Å²) in [5, 5.41) is 0. The van der Waals surface area contributed by atoms with Gasteiger partial charge >= 0.3 is 0 Å². The van der Waals surface area contributed by atoms with Crippen LogP contribution >= 0.6 is 15.9 Å². The fourth-order valence-corrected chi connectivity index (χ4v) is 1.62. The van der Waals surface area contributed by atoms with E-state index in [1.165, 1.54) is 4.90 Å². The molecule has 1 rings (SSSR count). The van der Waals surface area contributed by atoms with Crippen LogP contribution in [0.5, 0.6) is 5.75 Å². The molecule has 0 aliphatic heterocycles. The molecule has 1 aromatic carbocycles. The van der Waals surface area contributed by atoms with Gasteiger partial charge < -0.3 is 15.4 Å². The van der Waals surface area contributed by atoms with Crippen LogP contribution < -0.4 is 10.5 Å². The summed E-state index contributed by atoms with van der Waals surface area (Å²) in [7, 11) is 3.39. The maximum absolute atomic E-state index is 11.4. The Morgan fingerprint density at radius 2 is 2.18 bits per heavy atom. The van der Waals surface area contributed by atoms with Gasteiger partial charge in [0.15, 0.2) is 6.61 Å². The lowest BCUT2D eigenvalue weighted by Crippen LogP contribution is -2.27. The molecule has 1 aromatic rings. The molecule has 0 bridgehead atoms. The molecule has 0 saturated carbocycles. The summed E-state index contributed by atoms with van der Waals surface area (Å²) in [6.07, 6.45) is 0. The first kappa shape index (κ1) is 14.0. The molecule has 0 fully saturated rings. The average Bonchev–Trinajstić information content (AvgIpc) is 2.25. The first-order valence-corrected chi connectivity index (χ1v) is 6.09. The van der Waals surface area contributed by atoms with Crippen molar-refractivity contribution in [2.24, 2.45) is 5.73 Å². The second kappa shape index (κ2) is 6.02. The smallest absolute Gasteiger partial charge is 0.259 e. The monoisotopic (exact) mass is 300 g/mol. The quantitative estimate of drug-likeness (QED) is 0.924. The van der Waals surface area contributed by atoms with Crippen molar-refractivity contribution < 1.29 is 9.53 Å². The number of carbonyl (C=O) groups excluding carboxylic acids is 1. The zero-order valence-corrected chi connectivity index (χ0v) is 11.8. The van der Waals surface area contributed by atoms with Crippen molar-refractivity contribution in [2.45, 2.75) is 13.0 Å². The van der Waals surface area contributed by atoms with Crippen molar-refractivity contribution in [1.82, 2.24) is 4.90 Å². The molecule has 17 heavy (non-hydrogen) atoms. The fourth-order valence-electron chi connectivity index (χ4n) is 1.28. The largest absolute Gasteiger partial charge is 0.483 e. The van der Waals surface area contributed by atoms with E-state index in [1.807, 2.05) is 25.1 Å². The SMILES string of the molecule is C[C@@H](N)c1ccc(Br)cc1OCC(=O)N(C)C.